The van der Waals surface area contributed by atoms with Gasteiger partial charge in [-0.3, -0.25) is 0 Å². The second-order valence-electron chi connectivity index (χ2n) is 3.11. The molecule has 0 aliphatic carbocycles. The van der Waals surface area contributed by atoms with Gasteiger partial charge in [-0.05, 0) is 27.2 Å². The molecule has 0 bridgehead atoms. The van der Waals surface area contributed by atoms with Crippen LogP contribution in [0.2, 0.25) is 0 Å². The van der Waals surface area contributed by atoms with Gasteiger partial charge >= 0.3 is 0 Å². The molecule has 0 amide bonds. The minimum Gasteiger partial charge on any atom is -0.376 e. The van der Waals surface area contributed by atoms with Crippen LogP contribution in [0.4, 0.5) is 0 Å². The Bertz CT molecular complexity index is 59.9. The quantitative estimate of drug-likeness (QED) is 0.612. The lowest BCUT2D eigenvalue weighted by molar-refractivity contribution is 0.0172. The molecule has 0 spiro atoms. The first-order valence-corrected chi connectivity index (χ1v) is 4.73. The van der Waals surface area contributed by atoms with Crippen LogP contribution in [0.1, 0.15) is 54.4 Å². The van der Waals surface area contributed by atoms with Crippen molar-refractivity contribution >= 4 is 0 Å². The van der Waals surface area contributed by atoms with Crippen LogP contribution in [-0.4, -0.2) is 12.2 Å². The van der Waals surface area contributed by atoms with Gasteiger partial charge in [-0.15, -0.1) is 0 Å². The zero-order valence-corrected chi connectivity index (χ0v) is 8.98. The van der Waals surface area contributed by atoms with E-state index < -0.39 is 0 Å². The lowest BCUT2D eigenvalue weighted by Crippen LogP contribution is -2.12. The maximum atomic E-state index is 5.40. The Hall–Kier alpha value is -0.0400. The second-order valence-corrected chi connectivity index (χ2v) is 3.11. The highest BCUT2D eigenvalue weighted by Gasteiger charge is 1.99. The molecule has 0 aliphatic rings. The summed E-state index contributed by atoms with van der Waals surface area (Å²) in [5, 5.41) is 0. The Morgan fingerprint density at radius 2 is 1.36 bits per heavy atom. The van der Waals surface area contributed by atoms with Crippen molar-refractivity contribution in [1.82, 2.24) is 0 Å². The summed E-state index contributed by atoms with van der Waals surface area (Å²) >= 11 is 0. The van der Waals surface area contributed by atoms with Crippen LogP contribution < -0.4 is 0 Å². The summed E-state index contributed by atoms with van der Waals surface area (Å²) in [5.74, 6) is 0. The van der Waals surface area contributed by atoms with E-state index in [0.717, 1.165) is 6.42 Å². The summed E-state index contributed by atoms with van der Waals surface area (Å²) in [6.07, 6.45) is 3.16. The fourth-order valence-electron chi connectivity index (χ4n) is 0.561. The van der Waals surface area contributed by atoms with Gasteiger partial charge in [0.2, 0.25) is 0 Å². The highest BCUT2D eigenvalue weighted by atomic mass is 16.5. The fraction of sp³-hybridized carbons (Fsp3) is 1.00. The fourth-order valence-corrected chi connectivity index (χ4v) is 0.561. The monoisotopic (exact) mass is 160 g/mol. The van der Waals surface area contributed by atoms with Gasteiger partial charge in [0.15, 0.2) is 0 Å². The predicted molar refractivity (Wildman–Crippen MR) is 51.9 cm³/mol. The largest absolute Gasteiger partial charge is 0.376 e. The number of hydrogen-bond acceptors (Lipinski definition) is 1. The Kier molecular flexibility index (Phi) is 12.3. The minimum atomic E-state index is 0.380. The molecule has 1 nitrogen and oxygen atoms in total. The Morgan fingerprint density at radius 1 is 1.00 bits per heavy atom. The molecule has 0 N–H and O–H groups in total. The molecule has 0 saturated heterocycles. The van der Waals surface area contributed by atoms with Gasteiger partial charge in [0.05, 0.1) is 12.2 Å². The van der Waals surface area contributed by atoms with E-state index in [0.29, 0.717) is 12.2 Å². The molecule has 0 saturated carbocycles. The van der Waals surface area contributed by atoms with Gasteiger partial charge in [0.1, 0.15) is 0 Å². The van der Waals surface area contributed by atoms with Crippen LogP contribution in [0.3, 0.4) is 0 Å². The third kappa shape index (κ3) is 17.8. The summed E-state index contributed by atoms with van der Waals surface area (Å²) in [6.45, 7) is 12.6. The molecule has 0 fully saturated rings. The normalized spacial score (nSPS) is 12.3. The molecular formula is C10H24O. The summed E-state index contributed by atoms with van der Waals surface area (Å²) in [4.78, 5) is 0. The maximum Gasteiger partial charge on any atom is 0.0547 e. The van der Waals surface area contributed by atoms with Crippen molar-refractivity contribution in [3.05, 3.63) is 0 Å². The topological polar surface area (TPSA) is 9.23 Å². The van der Waals surface area contributed by atoms with Crippen molar-refractivity contribution in [2.75, 3.05) is 0 Å². The van der Waals surface area contributed by atoms with E-state index in [4.69, 9.17) is 4.74 Å². The smallest absolute Gasteiger partial charge is 0.0547 e. The van der Waals surface area contributed by atoms with E-state index in [1.54, 1.807) is 0 Å². The number of rotatable bonds is 3. The molecule has 0 rings (SSSR count). The molecule has 0 aromatic carbocycles. The lowest BCUT2D eigenvalue weighted by Gasteiger charge is -2.12. The summed E-state index contributed by atoms with van der Waals surface area (Å²) in [5.41, 5.74) is 0. The van der Waals surface area contributed by atoms with E-state index in [1.807, 2.05) is 0 Å². The van der Waals surface area contributed by atoms with Crippen molar-refractivity contribution in [2.24, 2.45) is 0 Å². The average molecular weight is 160 g/mol. The van der Waals surface area contributed by atoms with Crippen LogP contribution in [0.5, 0.6) is 0 Å². The van der Waals surface area contributed by atoms with Gasteiger partial charge in [-0.1, -0.05) is 27.2 Å². The van der Waals surface area contributed by atoms with E-state index >= 15 is 0 Å². The third-order valence-electron chi connectivity index (χ3n) is 1.08. The van der Waals surface area contributed by atoms with Gasteiger partial charge < -0.3 is 4.74 Å². The Labute approximate surface area is 72.1 Å². The first-order valence-electron chi connectivity index (χ1n) is 4.73. The average Bonchev–Trinajstić information content (AvgIpc) is 1.88. The van der Waals surface area contributed by atoms with Crippen LogP contribution in [0, 0.1) is 0 Å². The highest BCUT2D eigenvalue weighted by molar-refractivity contribution is 4.46. The molecule has 0 aliphatic heterocycles. The zero-order valence-electron chi connectivity index (χ0n) is 8.98. The summed E-state index contributed by atoms with van der Waals surface area (Å²) in [7, 11) is 0. The second kappa shape index (κ2) is 9.96. The van der Waals surface area contributed by atoms with Crippen molar-refractivity contribution < 1.29 is 4.74 Å². The van der Waals surface area contributed by atoms with Crippen molar-refractivity contribution in [2.45, 2.75) is 66.6 Å². The lowest BCUT2D eigenvalue weighted by atomic mass is 10.3. The highest BCUT2D eigenvalue weighted by Crippen LogP contribution is 1.99. The first kappa shape index (κ1) is 13.5. The molecule has 70 valence electrons. The molecule has 1 heteroatoms. The molecule has 1 unspecified atom stereocenters. The van der Waals surface area contributed by atoms with Gasteiger partial charge in [0, 0.05) is 0 Å². The van der Waals surface area contributed by atoms with Gasteiger partial charge in [0.25, 0.3) is 0 Å². The number of ether oxygens (including phenoxy) is 1. The summed E-state index contributed by atoms with van der Waals surface area (Å²) in [6, 6.07) is 0. The van der Waals surface area contributed by atoms with E-state index in [1.165, 1.54) is 6.42 Å². The Morgan fingerprint density at radius 3 is 1.45 bits per heavy atom. The van der Waals surface area contributed by atoms with Crippen molar-refractivity contribution in [1.29, 1.82) is 0 Å². The predicted octanol–water partition coefficient (Wildman–Crippen LogP) is 3.63. The van der Waals surface area contributed by atoms with Crippen molar-refractivity contribution in [3.8, 4) is 0 Å². The van der Waals surface area contributed by atoms with Crippen LogP contribution in [0.25, 0.3) is 0 Å². The first-order chi connectivity index (χ1) is 5.08. The van der Waals surface area contributed by atoms with Crippen LogP contribution >= 0.6 is 0 Å². The Balaban J connectivity index is 0. The van der Waals surface area contributed by atoms with E-state index in [-0.39, 0.29) is 0 Å². The molecule has 11 heavy (non-hydrogen) atoms. The standard InChI is InChI=1S/C7H16O.C3H8/c1-5-7(4)8-6(2)3;1-3-2/h6-7H,5H2,1-4H3;3H2,1-2H3. The molecule has 1 atom stereocenters. The number of hydrogen-bond donors (Lipinski definition) is 0. The molecule has 0 aromatic rings. The molecular weight excluding hydrogens is 136 g/mol. The SMILES string of the molecule is CCC.CCC(C)OC(C)C. The van der Waals surface area contributed by atoms with E-state index in [9.17, 15) is 0 Å². The maximum absolute atomic E-state index is 5.40. The van der Waals surface area contributed by atoms with Crippen LogP contribution in [0.15, 0.2) is 0 Å². The minimum absolute atomic E-state index is 0.380. The van der Waals surface area contributed by atoms with E-state index in [2.05, 4.69) is 41.5 Å². The summed E-state index contributed by atoms with van der Waals surface area (Å²) < 4.78 is 5.40. The molecule has 0 heterocycles. The van der Waals surface area contributed by atoms with Gasteiger partial charge in [-0.2, -0.15) is 0 Å². The van der Waals surface area contributed by atoms with Gasteiger partial charge in [-0.25, -0.2) is 0 Å². The third-order valence-corrected chi connectivity index (χ3v) is 1.08. The van der Waals surface area contributed by atoms with Crippen molar-refractivity contribution in [3.63, 3.8) is 0 Å². The zero-order chi connectivity index (χ0) is 9.28. The molecule has 0 aromatic heterocycles. The molecule has 0 radical (unpaired) electrons. The van der Waals surface area contributed by atoms with Crippen LogP contribution in [-0.2, 0) is 4.74 Å².